The molecule has 1 aromatic rings. The number of hydrogen-bond donors (Lipinski definition) is 1. The highest BCUT2D eigenvalue weighted by atomic mass is 16.2. The monoisotopic (exact) mass is 260 g/mol. The zero-order valence-electron chi connectivity index (χ0n) is 11.9. The molecule has 0 aromatic heterocycles. The Kier molecular flexibility index (Phi) is 4.59. The van der Waals surface area contributed by atoms with Gasteiger partial charge in [-0.15, -0.1) is 0 Å². The van der Waals surface area contributed by atoms with Gasteiger partial charge < -0.3 is 10.6 Å². The van der Waals surface area contributed by atoms with E-state index in [0.29, 0.717) is 5.92 Å². The smallest absolute Gasteiger partial charge is 0.226 e. The second kappa shape index (κ2) is 6.20. The second-order valence-corrected chi connectivity index (χ2v) is 5.78. The van der Waals surface area contributed by atoms with Gasteiger partial charge in [0.25, 0.3) is 0 Å². The summed E-state index contributed by atoms with van der Waals surface area (Å²) in [6.07, 6.45) is 2.17. The summed E-state index contributed by atoms with van der Waals surface area (Å²) in [5.41, 5.74) is 7.18. The number of carbonyl (C=O) groups is 1. The van der Waals surface area contributed by atoms with E-state index in [2.05, 4.69) is 24.3 Å². The van der Waals surface area contributed by atoms with Gasteiger partial charge in [-0.3, -0.25) is 4.79 Å². The summed E-state index contributed by atoms with van der Waals surface area (Å²) in [6.45, 7) is 5.59. The van der Waals surface area contributed by atoms with Crippen molar-refractivity contribution in [3.63, 3.8) is 0 Å². The molecule has 3 atom stereocenters. The molecule has 1 fully saturated rings. The molecule has 0 radical (unpaired) electrons. The van der Waals surface area contributed by atoms with Crippen LogP contribution in [0, 0.1) is 11.8 Å². The van der Waals surface area contributed by atoms with Crippen molar-refractivity contribution in [3.05, 3.63) is 35.9 Å². The Morgan fingerprint density at radius 3 is 2.68 bits per heavy atom. The van der Waals surface area contributed by atoms with Gasteiger partial charge in [-0.05, 0) is 31.2 Å². The lowest BCUT2D eigenvalue weighted by molar-refractivity contribution is -0.134. The van der Waals surface area contributed by atoms with Crippen LogP contribution in [0.15, 0.2) is 30.3 Å². The van der Waals surface area contributed by atoms with Gasteiger partial charge >= 0.3 is 0 Å². The summed E-state index contributed by atoms with van der Waals surface area (Å²) in [5.74, 6) is 0.729. The predicted molar refractivity (Wildman–Crippen MR) is 77.6 cm³/mol. The number of rotatable bonds is 4. The molecular weight excluding hydrogens is 236 g/mol. The molecule has 3 nitrogen and oxygen atoms in total. The minimum Gasteiger partial charge on any atom is -0.342 e. The van der Waals surface area contributed by atoms with E-state index < -0.39 is 0 Å². The summed E-state index contributed by atoms with van der Waals surface area (Å²) < 4.78 is 0. The van der Waals surface area contributed by atoms with E-state index >= 15 is 0 Å². The summed E-state index contributed by atoms with van der Waals surface area (Å²) in [4.78, 5) is 14.2. The van der Waals surface area contributed by atoms with Crippen LogP contribution < -0.4 is 5.73 Å². The quantitative estimate of drug-likeness (QED) is 0.900. The minimum atomic E-state index is -0.0736. The first-order valence-corrected chi connectivity index (χ1v) is 7.16. The van der Waals surface area contributed by atoms with Crippen molar-refractivity contribution in [1.29, 1.82) is 0 Å². The highest BCUT2D eigenvalue weighted by Crippen LogP contribution is 2.22. The maximum absolute atomic E-state index is 12.2. The van der Waals surface area contributed by atoms with Gasteiger partial charge in [0, 0.05) is 19.1 Å². The van der Waals surface area contributed by atoms with Crippen molar-refractivity contribution in [2.24, 2.45) is 17.6 Å². The average Bonchev–Trinajstić information content (AvgIpc) is 2.86. The van der Waals surface area contributed by atoms with Gasteiger partial charge in [-0.25, -0.2) is 0 Å². The number of nitrogens with two attached hydrogens (primary N) is 1. The van der Waals surface area contributed by atoms with Crippen molar-refractivity contribution in [2.45, 2.75) is 32.7 Å². The third-order valence-corrected chi connectivity index (χ3v) is 4.14. The van der Waals surface area contributed by atoms with Crippen LogP contribution in [0.25, 0.3) is 0 Å². The molecule has 0 saturated carbocycles. The van der Waals surface area contributed by atoms with Crippen molar-refractivity contribution < 1.29 is 4.79 Å². The fraction of sp³-hybridized carbons (Fsp3) is 0.562. The molecule has 0 spiro atoms. The molecule has 1 amide bonds. The normalized spacial score (nSPS) is 22.3. The molecule has 0 aliphatic carbocycles. The lowest BCUT2D eigenvalue weighted by atomic mass is 9.99. The van der Waals surface area contributed by atoms with E-state index in [9.17, 15) is 4.79 Å². The van der Waals surface area contributed by atoms with E-state index in [4.69, 9.17) is 5.73 Å². The van der Waals surface area contributed by atoms with Crippen LogP contribution in [0.4, 0.5) is 0 Å². The number of amides is 1. The third kappa shape index (κ3) is 3.57. The van der Waals surface area contributed by atoms with Gasteiger partial charge in [-0.1, -0.05) is 37.3 Å². The fourth-order valence-corrected chi connectivity index (χ4v) is 2.66. The fourth-order valence-electron chi connectivity index (χ4n) is 2.66. The topological polar surface area (TPSA) is 46.3 Å². The van der Waals surface area contributed by atoms with Crippen LogP contribution in [-0.2, 0) is 11.2 Å². The summed E-state index contributed by atoms with van der Waals surface area (Å²) in [5, 5.41) is 0. The van der Waals surface area contributed by atoms with Crippen molar-refractivity contribution in [3.8, 4) is 0 Å². The van der Waals surface area contributed by atoms with Gasteiger partial charge in [0.2, 0.25) is 5.91 Å². The molecule has 1 aromatic carbocycles. The Labute approximate surface area is 115 Å². The molecule has 19 heavy (non-hydrogen) atoms. The van der Waals surface area contributed by atoms with Crippen LogP contribution in [0.1, 0.15) is 25.8 Å². The summed E-state index contributed by atoms with van der Waals surface area (Å²) in [7, 11) is 0. The zero-order chi connectivity index (χ0) is 13.8. The number of carbonyl (C=O) groups excluding carboxylic acids is 1. The number of hydrogen-bond acceptors (Lipinski definition) is 2. The highest BCUT2D eigenvalue weighted by Gasteiger charge is 2.30. The Bertz CT molecular complexity index is 416. The molecule has 3 unspecified atom stereocenters. The highest BCUT2D eigenvalue weighted by molar-refractivity contribution is 5.79. The SMILES string of the molecule is CC(N)C(C)C(=O)N1CCC(Cc2ccccc2)C1. The Morgan fingerprint density at radius 2 is 2.05 bits per heavy atom. The predicted octanol–water partition coefficient (Wildman–Crippen LogP) is 2.06. The lowest BCUT2D eigenvalue weighted by Crippen LogP contribution is -2.40. The van der Waals surface area contributed by atoms with Crippen LogP contribution in [0.2, 0.25) is 0 Å². The van der Waals surface area contributed by atoms with Gasteiger partial charge in [0.05, 0.1) is 5.92 Å². The molecule has 1 heterocycles. The molecular formula is C16H24N2O. The molecule has 1 saturated heterocycles. The molecule has 2 rings (SSSR count). The number of benzene rings is 1. The molecule has 104 valence electrons. The minimum absolute atomic E-state index is 0.0688. The van der Waals surface area contributed by atoms with E-state index in [-0.39, 0.29) is 17.9 Å². The molecule has 0 bridgehead atoms. The van der Waals surface area contributed by atoms with Gasteiger partial charge in [0.15, 0.2) is 0 Å². The Morgan fingerprint density at radius 1 is 1.37 bits per heavy atom. The second-order valence-electron chi connectivity index (χ2n) is 5.78. The molecule has 1 aliphatic rings. The third-order valence-electron chi connectivity index (χ3n) is 4.14. The molecule has 3 heteroatoms. The Balaban J connectivity index is 1.88. The summed E-state index contributed by atoms with van der Waals surface area (Å²) in [6, 6.07) is 10.4. The van der Waals surface area contributed by atoms with E-state index in [1.54, 1.807) is 0 Å². The van der Waals surface area contributed by atoms with Crippen molar-refractivity contribution in [2.75, 3.05) is 13.1 Å². The first-order chi connectivity index (χ1) is 9.08. The van der Waals surface area contributed by atoms with E-state index in [0.717, 1.165) is 25.9 Å². The van der Waals surface area contributed by atoms with Gasteiger partial charge in [-0.2, -0.15) is 0 Å². The maximum atomic E-state index is 12.2. The van der Waals surface area contributed by atoms with E-state index in [1.165, 1.54) is 5.56 Å². The van der Waals surface area contributed by atoms with Crippen LogP contribution in [0.5, 0.6) is 0 Å². The summed E-state index contributed by atoms with van der Waals surface area (Å²) >= 11 is 0. The van der Waals surface area contributed by atoms with Crippen molar-refractivity contribution in [1.82, 2.24) is 4.90 Å². The average molecular weight is 260 g/mol. The van der Waals surface area contributed by atoms with Crippen molar-refractivity contribution >= 4 is 5.91 Å². The Hall–Kier alpha value is -1.35. The largest absolute Gasteiger partial charge is 0.342 e. The maximum Gasteiger partial charge on any atom is 0.226 e. The van der Waals surface area contributed by atoms with Crippen LogP contribution in [0.3, 0.4) is 0 Å². The zero-order valence-corrected chi connectivity index (χ0v) is 11.9. The van der Waals surface area contributed by atoms with E-state index in [1.807, 2.05) is 24.8 Å². The first-order valence-electron chi connectivity index (χ1n) is 7.16. The van der Waals surface area contributed by atoms with Crippen LogP contribution in [-0.4, -0.2) is 29.9 Å². The van der Waals surface area contributed by atoms with Gasteiger partial charge in [0.1, 0.15) is 0 Å². The first kappa shape index (κ1) is 14.1. The molecule has 2 N–H and O–H groups in total. The standard InChI is InChI=1S/C16H24N2O/c1-12(13(2)17)16(19)18-9-8-15(11-18)10-14-6-4-3-5-7-14/h3-7,12-13,15H,8-11,17H2,1-2H3. The molecule has 1 aliphatic heterocycles. The van der Waals surface area contributed by atoms with Crippen LogP contribution >= 0.6 is 0 Å². The lowest BCUT2D eigenvalue weighted by Gasteiger charge is -2.23. The number of likely N-dealkylation sites (tertiary alicyclic amines) is 1. The number of nitrogens with zero attached hydrogens (tertiary/aromatic N) is 1.